The van der Waals surface area contributed by atoms with Gasteiger partial charge in [0.15, 0.2) is 0 Å². The number of nitrogens with one attached hydrogen (secondary N) is 2. The Morgan fingerprint density at radius 3 is 1.57 bits per heavy atom. The molecule has 3 rings (SSSR count). The third kappa shape index (κ3) is 8.10. The lowest BCUT2D eigenvalue weighted by Crippen LogP contribution is -2.31. The topological polar surface area (TPSA) is 24.1 Å². The SMILES string of the molecule is Cl.Cl.Clc1ccccc1CNCC1CCCC(CNCc2ccccc2Cl)C1. The van der Waals surface area contributed by atoms with E-state index < -0.39 is 0 Å². The zero-order chi connectivity index (χ0) is 18.2. The first-order chi connectivity index (χ1) is 12.7. The molecule has 2 unspecified atom stereocenters. The maximum absolute atomic E-state index is 6.23. The van der Waals surface area contributed by atoms with Gasteiger partial charge >= 0.3 is 0 Å². The van der Waals surface area contributed by atoms with Gasteiger partial charge < -0.3 is 10.6 Å². The molecule has 1 aliphatic rings. The molecule has 1 fully saturated rings. The highest BCUT2D eigenvalue weighted by Gasteiger charge is 2.21. The summed E-state index contributed by atoms with van der Waals surface area (Å²) in [6.45, 7) is 3.86. The summed E-state index contributed by atoms with van der Waals surface area (Å²) in [5.74, 6) is 1.52. The van der Waals surface area contributed by atoms with E-state index >= 15 is 0 Å². The molecule has 1 aliphatic carbocycles. The molecule has 2 nitrogen and oxygen atoms in total. The van der Waals surface area contributed by atoms with Gasteiger partial charge in [-0.3, -0.25) is 0 Å². The Kier molecular flexibility index (Phi) is 12.5. The summed E-state index contributed by atoms with van der Waals surface area (Å²) >= 11 is 12.5. The lowest BCUT2D eigenvalue weighted by molar-refractivity contribution is 0.252. The summed E-state index contributed by atoms with van der Waals surface area (Å²) in [4.78, 5) is 0. The predicted octanol–water partition coefficient (Wildman–Crippen LogP) is 6.52. The Bertz CT molecular complexity index is 638. The van der Waals surface area contributed by atoms with E-state index in [9.17, 15) is 0 Å². The van der Waals surface area contributed by atoms with E-state index in [2.05, 4.69) is 22.8 Å². The maximum atomic E-state index is 6.23. The summed E-state index contributed by atoms with van der Waals surface area (Å²) in [6.07, 6.45) is 5.29. The van der Waals surface area contributed by atoms with Crippen LogP contribution in [0.25, 0.3) is 0 Å². The van der Waals surface area contributed by atoms with Gasteiger partial charge in [0.05, 0.1) is 0 Å². The van der Waals surface area contributed by atoms with Crippen LogP contribution in [-0.2, 0) is 13.1 Å². The van der Waals surface area contributed by atoms with Crippen molar-refractivity contribution in [2.75, 3.05) is 13.1 Å². The van der Waals surface area contributed by atoms with E-state index in [-0.39, 0.29) is 24.8 Å². The van der Waals surface area contributed by atoms with E-state index in [1.165, 1.54) is 36.8 Å². The van der Waals surface area contributed by atoms with Crippen LogP contribution in [0.3, 0.4) is 0 Å². The van der Waals surface area contributed by atoms with Crippen LogP contribution < -0.4 is 10.6 Å². The van der Waals surface area contributed by atoms with Crippen LogP contribution in [0.5, 0.6) is 0 Å². The van der Waals surface area contributed by atoms with Crippen molar-refractivity contribution in [3.8, 4) is 0 Å². The molecule has 0 amide bonds. The average Bonchev–Trinajstić information content (AvgIpc) is 2.65. The fraction of sp³-hybridized carbons (Fsp3) is 0.455. The van der Waals surface area contributed by atoms with Gasteiger partial charge in [0.25, 0.3) is 0 Å². The van der Waals surface area contributed by atoms with Crippen LogP contribution in [0.4, 0.5) is 0 Å². The highest BCUT2D eigenvalue weighted by Crippen LogP contribution is 2.28. The van der Waals surface area contributed by atoms with Crippen molar-refractivity contribution in [2.24, 2.45) is 11.8 Å². The molecule has 1 saturated carbocycles. The Hall–Kier alpha value is -0.480. The van der Waals surface area contributed by atoms with Gasteiger partial charge in [0.1, 0.15) is 0 Å². The summed E-state index contributed by atoms with van der Waals surface area (Å²) in [5, 5.41) is 8.90. The summed E-state index contributed by atoms with van der Waals surface area (Å²) in [7, 11) is 0. The lowest BCUT2D eigenvalue weighted by atomic mass is 9.81. The molecule has 28 heavy (non-hydrogen) atoms. The number of halogens is 4. The minimum atomic E-state index is 0. The first kappa shape index (κ1) is 25.6. The second kappa shape index (κ2) is 13.7. The zero-order valence-corrected chi connectivity index (χ0v) is 19.1. The number of hydrogen-bond donors (Lipinski definition) is 2. The molecule has 0 heterocycles. The van der Waals surface area contributed by atoms with Crippen molar-refractivity contribution >= 4 is 48.0 Å². The molecule has 156 valence electrons. The van der Waals surface area contributed by atoms with Gasteiger partial charge in [-0.05, 0) is 67.4 Å². The number of benzene rings is 2. The van der Waals surface area contributed by atoms with Crippen LogP contribution in [0, 0.1) is 11.8 Å². The third-order valence-electron chi connectivity index (χ3n) is 5.30. The van der Waals surface area contributed by atoms with E-state index in [0.29, 0.717) is 0 Å². The van der Waals surface area contributed by atoms with Crippen molar-refractivity contribution in [1.29, 1.82) is 0 Å². The number of hydrogen-bond acceptors (Lipinski definition) is 2. The van der Waals surface area contributed by atoms with Crippen molar-refractivity contribution in [3.63, 3.8) is 0 Å². The second-order valence-electron chi connectivity index (χ2n) is 7.34. The van der Waals surface area contributed by atoms with Crippen LogP contribution >= 0.6 is 48.0 Å². The smallest absolute Gasteiger partial charge is 0.0450 e. The fourth-order valence-electron chi connectivity index (χ4n) is 3.88. The average molecular weight is 464 g/mol. The lowest BCUT2D eigenvalue weighted by Gasteiger charge is -2.29. The predicted molar refractivity (Wildman–Crippen MR) is 126 cm³/mol. The summed E-state index contributed by atoms with van der Waals surface area (Å²) in [5.41, 5.74) is 2.37. The largest absolute Gasteiger partial charge is 0.312 e. The summed E-state index contributed by atoms with van der Waals surface area (Å²) in [6, 6.07) is 16.2. The standard InChI is InChI=1S/C22H28Cl2N2.2ClH/c23-21-10-3-1-8-19(21)15-25-13-17-6-5-7-18(12-17)14-26-16-20-9-2-4-11-22(20)24;;/h1-4,8-11,17-18,25-26H,5-7,12-16H2;2*1H. The normalized spacial score (nSPS) is 18.8. The number of rotatable bonds is 8. The van der Waals surface area contributed by atoms with E-state index in [4.69, 9.17) is 23.2 Å². The van der Waals surface area contributed by atoms with Gasteiger partial charge in [0.2, 0.25) is 0 Å². The molecule has 0 spiro atoms. The Balaban J connectivity index is 0.00000196. The van der Waals surface area contributed by atoms with Crippen molar-refractivity contribution in [2.45, 2.75) is 38.8 Å². The molecular weight excluding hydrogens is 434 g/mol. The van der Waals surface area contributed by atoms with E-state index in [1.807, 2.05) is 36.4 Å². The first-order valence-corrected chi connectivity index (χ1v) is 10.4. The molecule has 2 atom stereocenters. The quantitative estimate of drug-likeness (QED) is 0.465. The van der Waals surface area contributed by atoms with E-state index in [1.54, 1.807) is 0 Å². The van der Waals surface area contributed by atoms with E-state index in [0.717, 1.165) is 48.1 Å². The molecule has 2 aromatic carbocycles. The van der Waals surface area contributed by atoms with Crippen LogP contribution in [-0.4, -0.2) is 13.1 Å². The minimum Gasteiger partial charge on any atom is -0.312 e. The minimum absolute atomic E-state index is 0. The highest BCUT2D eigenvalue weighted by atomic mass is 35.5. The zero-order valence-electron chi connectivity index (χ0n) is 16.0. The Labute approximate surface area is 191 Å². The fourth-order valence-corrected chi connectivity index (χ4v) is 4.28. The van der Waals surface area contributed by atoms with Gasteiger partial charge in [-0.1, -0.05) is 66.0 Å². The molecule has 0 saturated heterocycles. The van der Waals surface area contributed by atoms with Gasteiger partial charge in [0, 0.05) is 23.1 Å². The van der Waals surface area contributed by atoms with Crippen LogP contribution in [0.15, 0.2) is 48.5 Å². The second-order valence-corrected chi connectivity index (χ2v) is 8.16. The molecular formula is C22H30Cl4N2. The Morgan fingerprint density at radius 2 is 1.14 bits per heavy atom. The van der Waals surface area contributed by atoms with Crippen LogP contribution in [0.1, 0.15) is 36.8 Å². The van der Waals surface area contributed by atoms with Gasteiger partial charge in [-0.15, -0.1) is 24.8 Å². The molecule has 6 heteroatoms. The first-order valence-electron chi connectivity index (χ1n) is 9.60. The van der Waals surface area contributed by atoms with Crippen molar-refractivity contribution in [1.82, 2.24) is 10.6 Å². The Morgan fingerprint density at radius 1 is 0.714 bits per heavy atom. The molecule has 0 aromatic heterocycles. The van der Waals surface area contributed by atoms with Gasteiger partial charge in [-0.2, -0.15) is 0 Å². The molecule has 0 bridgehead atoms. The molecule has 0 radical (unpaired) electrons. The van der Waals surface area contributed by atoms with Gasteiger partial charge in [-0.25, -0.2) is 0 Å². The van der Waals surface area contributed by atoms with Crippen LogP contribution in [0.2, 0.25) is 10.0 Å². The molecule has 2 N–H and O–H groups in total. The molecule has 2 aromatic rings. The highest BCUT2D eigenvalue weighted by molar-refractivity contribution is 6.31. The summed E-state index contributed by atoms with van der Waals surface area (Å²) < 4.78 is 0. The maximum Gasteiger partial charge on any atom is 0.0450 e. The molecule has 0 aliphatic heterocycles. The van der Waals surface area contributed by atoms with Crippen molar-refractivity contribution < 1.29 is 0 Å². The third-order valence-corrected chi connectivity index (χ3v) is 6.04. The monoisotopic (exact) mass is 462 g/mol. The van der Waals surface area contributed by atoms with Crippen molar-refractivity contribution in [3.05, 3.63) is 69.7 Å².